The highest BCUT2D eigenvalue weighted by molar-refractivity contribution is 6.07. The summed E-state index contributed by atoms with van der Waals surface area (Å²) < 4.78 is 22.4. The van der Waals surface area contributed by atoms with Crippen molar-refractivity contribution in [1.29, 1.82) is 0 Å². The number of hydrogen-bond acceptors (Lipinski definition) is 9. The summed E-state index contributed by atoms with van der Waals surface area (Å²) in [6, 6.07) is 7.90. The number of rotatable bonds is 4. The summed E-state index contributed by atoms with van der Waals surface area (Å²) in [6.07, 6.45) is 7.74. The molecule has 0 atom stereocenters. The molecule has 0 N–H and O–H groups in total. The fourth-order valence-electron chi connectivity index (χ4n) is 5.15. The highest BCUT2D eigenvalue weighted by Gasteiger charge is 2.40. The molecular weight excluding hydrogens is 542 g/mol. The normalized spacial score (nSPS) is 22.7. The van der Waals surface area contributed by atoms with E-state index in [1.54, 1.807) is 17.1 Å². The van der Waals surface area contributed by atoms with E-state index in [-0.39, 0.29) is 29.5 Å². The van der Waals surface area contributed by atoms with Gasteiger partial charge in [-0.05, 0) is 36.3 Å². The Balaban J connectivity index is 1.55. The van der Waals surface area contributed by atoms with Crippen molar-refractivity contribution in [2.24, 2.45) is 0 Å². The number of nitrogens with zero attached hydrogens (tertiary/aromatic N) is 3. The third-order valence-electron chi connectivity index (χ3n) is 7.41. The summed E-state index contributed by atoms with van der Waals surface area (Å²) in [7, 11) is 0. The number of ketones is 1. The van der Waals surface area contributed by atoms with Crippen LogP contribution in [-0.2, 0) is 34.0 Å². The summed E-state index contributed by atoms with van der Waals surface area (Å²) in [5.74, 6) is -0.387. The number of benzene rings is 1. The molecule has 0 unspecified atom stereocenters. The van der Waals surface area contributed by atoms with Crippen LogP contribution in [0.2, 0.25) is 0 Å². The minimum atomic E-state index is -0.524. The molecule has 0 radical (unpaired) electrons. The number of allylic oxidation sites excluding steroid dienone is 7. The minimum absolute atomic E-state index is 0.0717. The van der Waals surface area contributed by atoms with Gasteiger partial charge in [0.25, 0.3) is 5.70 Å². The van der Waals surface area contributed by atoms with E-state index >= 15 is 0 Å². The first-order chi connectivity index (χ1) is 20.3. The average Bonchev–Trinajstić information content (AvgIpc) is 3.17. The maximum atomic E-state index is 13.8. The van der Waals surface area contributed by atoms with Crippen molar-refractivity contribution in [3.63, 3.8) is 0 Å². The van der Waals surface area contributed by atoms with Gasteiger partial charge in [0, 0.05) is 54.2 Å². The average molecular weight is 582 g/mol. The van der Waals surface area contributed by atoms with Gasteiger partial charge in [-0.2, -0.15) is 0 Å². The number of carbonyl (C=O) groups excluding carboxylic acids is 2. The van der Waals surface area contributed by atoms with E-state index in [1.807, 2.05) is 29.2 Å². The molecule has 1 aliphatic carbocycles. The fraction of sp³-hybridized carbons (Fsp3) is 0.484. The monoisotopic (exact) mass is 581 g/mol. The van der Waals surface area contributed by atoms with E-state index in [0.717, 1.165) is 16.9 Å². The van der Waals surface area contributed by atoms with Gasteiger partial charge in [0.05, 0.1) is 51.2 Å². The van der Waals surface area contributed by atoms with Crippen LogP contribution in [0.5, 0.6) is 0 Å². The first-order valence-corrected chi connectivity index (χ1v) is 14.3. The van der Waals surface area contributed by atoms with E-state index in [9.17, 15) is 19.7 Å². The summed E-state index contributed by atoms with van der Waals surface area (Å²) >= 11 is 0. The van der Waals surface area contributed by atoms with Crippen molar-refractivity contribution in [2.45, 2.75) is 25.7 Å². The first-order valence-electron chi connectivity index (χ1n) is 14.3. The van der Waals surface area contributed by atoms with Gasteiger partial charge in [-0.25, -0.2) is 0 Å². The third-order valence-corrected chi connectivity index (χ3v) is 7.41. The highest BCUT2D eigenvalue weighted by atomic mass is 16.6. The minimum Gasteiger partial charge on any atom is -0.379 e. The zero-order chi connectivity index (χ0) is 30.0. The van der Waals surface area contributed by atoms with Crippen LogP contribution in [-0.4, -0.2) is 94.0 Å². The third kappa shape index (κ3) is 8.01. The smallest absolute Gasteiger partial charge is 0.270 e. The second kappa shape index (κ2) is 15.0. The van der Waals surface area contributed by atoms with Crippen LogP contribution in [0.25, 0.3) is 0 Å². The molecule has 1 aromatic rings. The Hall–Kier alpha value is -3.64. The Bertz CT molecular complexity index is 1250. The quantitative estimate of drug-likeness (QED) is 0.300. The molecule has 0 saturated carbocycles. The van der Waals surface area contributed by atoms with Crippen molar-refractivity contribution in [3.8, 4) is 0 Å². The number of anilines is 1. The van der Waals surface area contributed by atoms with Gasteiger partial charge in [0.2, 0.25) is 5.91 Å². The van der Waals surface area contributed by atoms with E-state index in [0.29, 0.717) is 72.4 Å². The van der Waals surface area contributed by atoms with E-state index in [4.69, 9.17) is 18.9 Å². The zero-order valence-electron chi connectivity index (χ0n) is 24.3. The van der Waals surface area contributed by atoms with E-state index in [1.165, 1.54) is 18.2 Å². The summed E-state index contributed by atoms with van der Waals surface area (Å²) in [4.78, 5) is 40.8. The molecule has 3 aliphatic rings. The SMILES string of the molecule is CC1(C)/C(=C\C=C2\C=C([N+](=O)[O-])C=CC2=O)N(CC(=O)N2CCCOCCOCCOCCOCC2)c2ccccc21. The molecule has 4 rings (SSSR count). The zero-order valence-corrected chi connectivity index (χ0v) is 24.3. The lowest BCUT2D eigenvalue weighted by molar-refractivity contribution is -0.419. The standard InChI is InChI=1S/C31H39N3O8/c1-31(2)26-6-3-4-7-27(26)33(29(31)11-8-24-22-25(34(37)38)9-10-28(24)35)23-30(36)32-12-5-14-39-16-18-41-20-21-42-19-17-40-15-13-32/h3-4,6-11,22H,5,12-21,23H2,1-2H3/b24-8-,29-11+. The van der Waals surface area contributed by atoms with Gasteiger partial charge in [0.1, 0.15) is 6.54 Å². The largest absolute Gasteiger partial charge is 0.379 e. The molecule has 0 bridgehead atoms. The van der Waals surface area contributed by atoms with Crippen LogP contribution >= 0.6 is 0 Å². The van der Waals surface area contributed by atoms with Crippen LogP contribution in [0.15, 0.2) is 71.6 Å². The molecule has 226 valence electrons. The molecule has 0 aromatic heterocycles. The topological polar surface area (TPSA) is 121 Å². The Kier molecular flexibility index (Phi) is 11.2. The van der Waals surface area contributed by atoms with E-state index < -0.39 is 10.3 Å². The maximum absolute atomic E-state index is 13.8. The van der Waals surface area contributed by atoms with Crippen molar-refractivity contribution >= 4 is 17.4 Å². The van der Waals surface area contributed by atoms with Gasteiger partial charge in [-0.15, -0.1) is 0 Å². The molecule has 2 aliphatic heterocycles. The lowest BCUT2D eigenvalue weighted by Crippen LogP contribution is -2.42. The Labute approximate surface area is 246 Å². The lowest BCUT2D eigenvalue weighted by atomic mass is 9.83. The van der Waals surface area contributed by atoms with Crippen LogP contribution in [0, 0.1) is 10.1 Å². The Morgan fingerprint density at radius 3 is 2.26 bits per heavy atom. The number of amides is 1. The summed E-state index contributed by atoms with van der Waals surface area (Å²) in [5, 5.41) is 11.3. The molecule has 2 heterocycles. The summed E-state index contributed by atoms with van der Waals surface area (Å²) in [6.45, 7) is 8.89. The first kappa shape index (κ1) is 31.3. The lowest BCUT2D eigenvalue weighted by Gasteiger charge is -2.30. The Morgan fingerprint density at radius 2 is 1.57 bits per heavy atom. The molecule has 1 saturated heterocycles. The number of fused-ring (bicyclic) bond motifs is 1. The van der Waals surface area contributed by atoms with E-state index in [2.05, 4.69) is 13.8 Å². The Morgan fingerprint density at radius 1 is 0.929 bits per heavy atom. The molecule has 11 heteroatoms. The van der Waals surface area contributed by atoms with Crippen molar-refractivity contribution < 1.29 is 33.5 Å². The molecular formula is C31H39N3O8. The summed E-state index contributed by atoms with van der Waals surface area (Å²) in [5.41, 5.74) is 2.34. The molecule has 1 aromatic carbocycles. The van der Waals surface area contributed by atoms with Crippen LogP contribution in [0.4, 0.5) is 5.69 Å². The van der Waals surface area contributed by atoms with Crippen LogP contribution < -0.4 is 4.90 Å². The molecule has 11 nitrogen and oxygen atoms in total. The second-order valence-electron chi connectivity index (χ2n) is 10.6. The van der Waals surface area contributed by atoms with Gasteiger partial charge < -0.3 is 28.7 Å². The molecule has 0 spiro atoms. The number of nitro groups is 1. The number of carbonyl (C=O) groups is 2. The number of ether oxygens (including phenoxy) is 4. The molecule has 1 amide bonds. The van der Waals surface area contributed by atoms with Gasteiger partial charge in [-0.1, -0.05) is 32.0 Å². The van der Waals surface area contributed by atoms with Crippen molar-refractivity contribution in [1.82, 2.24) is 4.90 Å². The molecule has 42 heavy (non-hydrogen) atoms. The highest BCUT2D eigenvalue weighted by Crippen LogP contribution is 2.47. The molecule has 1 fully saturated rings. The number of para-hydroxylation sites is 1. The number of hydrogen-bond donors (Lipinski definition) is 0. The fourth-order valence-corrected chi connectivity index (χ4v) is 5.15. The van der Waals surface area contributed by atoms with Gasteiger partial charge in [-0.3, -0.25) is 19.7 Å². The van der Waals surface area contributed by atoms with Crippen LogP contribution in [0.3, 0.4) is 0 Å². The second-order valence-corrected chi connectivity index (χ2v) is 10.6. The van der Waals surface area contributed by atoms with Gasteiger partial charge >= 0.3 is 0 Å². The van der Waals surface area contributed by atoms with Crippen LogP contribution in [0.1, 0.15) is 25.8 Å². The predicted molar refractivity (Wildman–Crippen MR) is 157 cm³/mol. The maximum Gasteiger partial charge on any atom is 0.270 e. The van der Waals surface area contributed by atoms with Crippen molar-refractivity contribution in [2.75, 3.05) is 77.4 Å². The predicted octanol–water partition coefficient (Wildman–Crippen LogP) is 3.19. The van der Waals surface area contributed by atoms with Crippen molar-refractivity contribution in [3.05, 3.63) is 87.3 Å². The van der Waals surface area contributed by atoms with Gasteiger partial charge in [0.15, 0.2) is 5.78 Å².